The number of benzene rings is 1. The van der Waals surface area contributed by atoms with E-state index in [1.54, 1.807) is 19.2 Å². The molecule has 1 N–H and O–H groups in total. The second-order valence-corrected chi connectivity index (χ2v) is 4.06. The number of methoxy groups -OCH3 is 1. The van der Waals surface area contributed by atoms with Gasteiger partial charge in [0.2, 0.25) is 0 Å². The molecule has 0 saturated heterocycles. The summed E-state index contributed by atoms with van der Waals surface area (Å²) in [5.74, 6) is 1.38. The smallest absolute Gasteiger partial charge is 0.161 e. The van der Waals surface area contributed by atoms with E-state index < -0.39 is 0 Å². The van der Waals surface area contributed by atoms with Crippen LogP contribution in [0, 0.1) is 0 Å². The van der Waals surface area contributed by atoms with Crippen LogP contribution < -0.4 is 9.47 Å². The fraction of sp³-hybridized carbons (Fsp3) is 0.500. The number of ether oxygens (including phenoxy) is 2. The molecule has 0 heterocycles. The van der Waals surface area contributed by atoms with Crippen LogP contribution in [0.3, 0.4) is 0 Å². The van der Waals surface area contributed by atoms with Gasteiger partial charge >= 0.3 is 0 Å². The van der Waals surface area contributed by atoms with Crippen LogP contribution in [-0.2, 0) is 0 Å². The van der Waals surface area contributed by atoms with E-state index in [4.69, 9.17) is 14.7 Å². The van der Waals surface area contributed by atoms with Crippen molar-refractivity contribution >= 4 is 6.21 Å². The van der Waals surface area contributed by atoms with Gasteiger partial charge < -0.3 is 14.7 Å². The monoisotopic (exact) mass is 251 g/mol. The molecule has 4 nitrogen and oxygen atoms in total. The van der Waals surface area contributed by atoms with Gasteiger partial charge in [-0.15, -0.1) is 0 Å². The molecule has 1 aromatic carbocycles. The second-order valence-electron chi connectivity index (χ2n) is 4.06. The minimum absolute atomic E-state index is 0.677. The van der Waals surface area contributed by atoms with Crippen LogP contribution >= 0.6 is 0 Å². The standard InChI is InChI=1S/C14H21NO3/c1-3-4-5-6-9-18-14-10-12(11-15-16)7-8-13(14)17-2/h7-8,10-11,16H,3-6,9H2,1-2H3. The van der Waals surface area contributed by atoms with E-state index >= 15 is 0 Å². The Balaban J connectivity index is 2.58. The second kappa shape index (κ2) is 8.39. The van der Waals surface area contributed by atoms with Crippen LogP contribution in [0.1, 0.15) is 38.2 Å². The maximum atomic E-state index is 8.51. The molecule has 0 radical (unpaired) electrons. The lowest BCUT2D eigenvalue weighted by atomic mass is 10.2. The molecule has 0 aliphatic rings. The lowest BCUT2D eigenvalue weighted by molar-refractivity contribution is 0.285. The van der Waals surface area contributed by atoms with Crippen LogP contribution in [0.5, 0.6) is 11.5 Å². The molecule has 0 fully saturated rings. The van der Waals surface area contributed by atoms with Gasteiger partial charge in [0, 0.05) is 5.56 Å². The average molecular weight is 251 g/mol. The molecule has 0 saturated carbocycles. The normalized spacial score (nSPS) is 10.8. The number of hydrogen-bond acceptors (Lipinski definition) is 4. The zero-order chi connectivity index (χ0) is 13.2. The third-order valence-corrected chi connectivity index (χ3v) is 2.65. The Bertz CT molecular complexity index is 377. The van der Waals surface area contributed by atoms with Crippen LogP contribution in [0.2, 0.25) is 0 Å². The highest BCUT2D eigenvalue weighted by atomic mass is 16.5. The molecule has 4 heteroatoms. The summed E-state index contributed by atoms with van der Waals surface area (Å²) in [5, 5.41) is 11.5. The van der Waals surface area contributed by atoms with E-state index in [0.29, 0.717) is 18.1 Å². The molecular weight excluding hydrogens is 230 g/mol. The maximum absolute atomic E-state index is 8.51. The van der Waals surface area contributed by atoms with E-state index in [-0.39, 0.29) is 0 Å². The van der Waals surface area contributed by atoms with Gasteiger partial charge in [0.1, 0.15) is 0 Å². The summed E-state index contributed by atoms with van der Waals surface area (Å²) in [4.78, 5) is 0. The van der Waals surface area contributed by atoms with Crippen LogP contribution in [0.25, 0.3) is 0 Å². The van der Waals surface area contributed by atoms with Crippen molar-refractivity contribution in [3.8, 4) is 11.5 Å². The van der Waals surface area contributed by atoms with Crippen molar-refractivity contribution in [2.24, 2.45) is 5.16 Å². The molecule has 0 atom stereocenters. The van der Waals surface area contributed by atoms with Crippen molar-refractivity contribution in [1.82, 2.24) is 0 Å². The van der Waals surface area contributed by atoms with Crippen LogP contribution in [0.4, 0.5) is 0 Å². The van der Waals surface area contributed by atoms with Gasteiger partial charge in [-0.1, -0.05) is 31.3 Å². The van der Waals surface area contributed by atoms with Crippen molar-refractivity contribution < 1.29 is 14.7 Å². The average Bonchev–Trinajstić information content (AvgIpc) is 2.39. The molecule has 1 rings (SSSR count). The Morgan fingerprint density at radius 1 is 1.22 bits per heavy atom. The van der Waals surface area contributed by atoms with E-state index in [0.717, 1.165) is 12.0 Å². The largest absolute Gasteiger partial charge is 0.493 e. The summed E-state index contributed by atoms with van der Waals surface area (Å²) >= 11 is 0. The molecule has 1 aromatic rings. The highest BCUT2D eigenvalue weighted by Gasteiger charge is 2.04. The lowest BCUT2D eigenvalue weighted by Gasteiger charge is -2.11. The molecule has 0 amide bonds. The predicted octanol–water partition coefficient (Wildman–Crippen LogP) is 3.46. The molecule has 18 heavy (non-hydrogen) atoms. The van der Waals surface area contributed by atoms with Crippen molar-refractivity contribution in [3.05, 3.63) is 23.8 Å². The highest BCUT2D eigenvalue weighted by molar-refractivity contribution is 5.80. The summed E-state index contributed by atoms with van der Waals surface area (Å²) in [6, 6.07) is 5.42. The third kappa shape index (κ3) is 4.65. The minimum Gasteiger partial charge on any atom is -0.493 e. The third-order valence-electron chi connectivity index (χ3n) is 2.65. The maximum Gasteiger partial charge on any atom is 0.161 e. The summed E-state index contributed by atoms with van der Waals surface area (Å²) in [6.45, 7) is 2.86. The van der Waals surface area contributed by atoms with E-state index in [1.807, 2.05) is 6.07 Å². The van der Waals surface area contributed by atoms with E-state index in [2.05, 4.69) is 12.1 Å². The lowest BCUT2D eigenvalue weighted by Crippen LogP contribution is -2.00. The van der Waals surface area contributed by atoms with Crippen LogP contribution in [0.15, 0.2) is 23.4 Å². The van der Waals surface area contributed by atoms with E-state index in [9.17, 15) is 0 Å². The van der Waals surface area contributed by atoms with Gasteiger partial charge in [0.25, 0.3) is 0 Å². The first-order valence-corrected chi connectivity index (χ1v) is 6.30. The molecular formula is C14H21NO3. The van der Waals surface area contributed by atoms with Gasteiger partial charge in [-0.2, -0.15) is 0 Å². The van der Waals surface area contributed by atoms with Gasteiger partial charge in [0.05, 0.1) is 19.9 Å². The predicted molar refractivity (Wildman–Crippen MR) is 72.0 cm³/mol. The fourth-order valence-corrected chi connectivity index (χ4v) is 1.66. The van der Waals surface area contributed by atoms with E-state index in [1.165, 1.54) is 25.5 Å². The Hall–Kier alpha value is -1.71. The summed E-state index contributed by atoms with van der Waals surface area (Å²) < 4.78 is 10.9. The first kappa shape index (κ1) is 14.4. The van der Waals surface area contributed by atoms with Gasteiger partial charge in [-0.25, -0.2) is 0 Å². The molecule has 0 bridgehead atoms. The Morgan fingerprint density at radius 2 is 2.06 bits per heavy atom. The summed E-state index contributed by atoms with van der Waals surface area (Å²) in [6.07, 6.45) is 6.03. The number of oxime groups is 1. The zero-order valence-corrected chi connectivity index (χ0v) is 11.1. The fourth-order valence-electron chi connectivity index (χ4n) is 1.66. The number of unbranched alkanes of at least 4 members (excludes halogenated alkanes) is 3. The number of nitrogens with zero attached hydrogens (tertiary/aromatic N) is 1. The Labute approximate surface area is 108 Å². The van der Waals surface area contributed by atoms with Gasteiger partial charge in [0.15, 0.2) is 11.5 Å². The zero-order valence-electron chi connectivity index (χ0n) is 11.1. The van der Waals surface area contributed by atoms with Gasteiger partial charge in [-0.3, -0.25) is 0 Å². The Morgan fingerprint density at radius 3 is 2.72 bits per heavy atom. The molecule has 0 aliphatic carbocycles. The molecule has 0 aromatic heterocycles. The van der Waals surface area contributed by atoms with Crippen molar-refractivity contribution in [3.63, 3.8) is 0 Å². The van der Waals surface area contributed by atoms with Crippen molar-refractivity contribution in [1.29, 1.82) is 0 Å². The minimum atomic E-state index is 0.677. The SMILES string of the molecule is CCCCCCOc1cc(C=NO)ccc1OC. The first-order valence-electron chi connectivity index (χ1n) is 6.30. The summed E-state index contributed by atoms with van der Waals surface area (Å²) in [7, 11) is 1.61. The number of hydrogen-bond donors (Lipinski definition) is 1. The van der Waals surface area contributed by atoms with Gasteiger partial charge in [-0.05, 0) is 24.6 Å². The van der Waals surface area contributed by atoms with Crippen LogP contribution in [-0.4, -0.2) is 25.1 Å². The van der Waals surface area contributed by atoms with Crippen molar-refractivity contribution in [2.45, 2.75) is 32.6 Å². The Kier molecular flexibility index (Phi) is 6.69. The molecule has 0 aliphatic heterocycles. The first-order chi connectivity index (χ1) is 8.81. The summed E-state index contributed by atoms with van der Waals surface area (Å²) in [5.41, 5.74) is 0.779. The topological polar surface area (TPSA) is 51.0 Å². The van der Waals surface area contributed by atoms with Crippen molar-refractivity contribution in [2.75, 3.05) is 13.7 Å². The molecule has 0 spiro atoms. The quantitative estimate of drug-likeness (QED) is 0.333. The number of rotatable bonds is 8. The highest BCUT2D eigenvalue weighted by Crippen LogP contribution is 2.27. The molecule has 0 unspecified atom stereocenters. The molecule has 100 valence electrons.